The van der Waals surface area contributed by atoms with E-state index in [9.17, 15) is 48.3 Å². The third kappa shape index (κ3) is 13.0. The third-order valence-corrected chi connectivity index (χ3v) is 7.72. The molecule has 0 aromatic heterocycles. The number of carbonyl (C=O) groups excluding carboxylic acids is 8. The van der Waals surface area contributed by atoms with Crippen molar-refractivity contribution in [1.29, 1.82) is 0 Å². The number of nitrogens with one attached hydrogen (secondary N) is 5. The van der Waals surface area contributed by atoms with Crippen molar-refractivity contribution in [3.05, 3.63) is 0 Å². The van der Waals surface area contributed by atoms with Crippen molar-refractivity contribution in [1.82, 2.24) is 31.5 Å². The monoisotopic (exact) mass is 702 g/mol. The Morgan fingerprint density at radius 2 is 1.42 bits per heavy atom. The lowest BCUT2D eigenvalue weighted by Gasteiger charge is -2.31. The van der Waals surface area contributed by atoms with Crippen molar-refractivity contribution in [2.24, 2.45) is 17.4 Å². The molecule has 1 aliphatic heterocycles. The minimum atomic E-state index is -1.67. The number of carbonyl (C=O) groups is 9. The highest BCUT2D eigenvalue weighted by molar-refractivity contribution is 7.80. The first kappa shape index (κ1) is 41.6. The molecule has 48 heavy (non-hydrogen) atoms. The van der Waals surface area contributed by atoms with Gasteiger partial charge in [0.05, 0.1) is 12.5 Å². The molecule has 0 aromatic rings. The molecular formula is C28H46N8O11S. The number of nitrogens with two attached hydrogens (primary N) is 2. The average molecular weight is 703 g/mol. The van der Waals surface area contributed by atoms with Crippen molar-refractivity contribution < 1.29 is 53.4 Å². The fourth-order valence-corrected chi connectivity index (χ4v) is 5.10. The van der Waals surface area contributed by atoms with Crippen LogP contribution in [0.3, 0.4) is 0 Å². The number of carboxylic acid groups (broad SMARTS) is 1. The van der Waals surface area contributed by atoms with Crippen LogP contribution in [0.2, 0.25) is 0 Å². The van der Waals surface area contributed by atoms with Crippen molar-refractivity contribution >= 4 is 65.9 Å². The van der Waals surface area contributed by atoms with Gasteiger partial charge in [-0.1, -0.05) is 13.8 Å². The molecule has 0 bridgehead atoms. The van der Waals surface area contributed by atoms with Crippen molar-refractivity contribution in [3.63, 3.8) is 0 Å². The molecule has 19 nitrogen and oxygen atoms in total. The summed E-state index contributed by atoms with van der Waals surface area (Å²) in [6, 6.07) is -8.16. The molecule has 7 atom stereocenters. The maximum atomic E-state index is 13.6. The summed E-state index contributed by atoms with van der Waals surface area (Å²) in [6.45, 7) is 5.57. The predicted molar refractivity (Wildman–Crippen MR) is 170 cm³/mol. The number of likely N-dealkylation sites (tertiary alicyclic amines) is 1. The van der Waals surface area contributed by atoms with Gasteiger partial charge >= 0.3 is 5.97 Å². The lowest BCUT2D eigenvalue weighted by atomic mass is 10.0. The molecule has 20 heteroatoms. The second-order valence-corrected chi connectivity index (χ2v) is 12.1. The maximum Gasteiger partial charge on any atom is 0.303 e. The molecule has 0 unspecified atom stereocenters. The van der Waals surface area contributed by atoms with E-state index < -0.39 is 114 Å². The van der Waals surface area contributed by atoms with Gasteiger partial charge in [0.25, 0.3) is 0 Å². The second kappa shape index (κ2) is 19.4. The lowest BCUT2D eigenvalue weighted by Crippen LogP contribution is -2.62. The Morgan fingerprint density at radius 3 is 1.90 bits per heavy atom. The zero-order valence-corrected chi connectivity index (χ0v) is 28.1. The number of carboxylic acids is 1. The van der Waals surface area contributed by atoms with Gasteiger partial charge in [0, 0.05) is 25.6 Å². The predicted octanol–water partition coefficient (Wildman–Crippen LogP) is -4.39. The van der Waals surface area contributed by atoms with E-state index >= 15 is 0 Å². The normalized spacial score (nSPS) is 17.9. The van der Waals surface area contributed by atoms with Crippen LogP contribution >= 0.6 is 12.6 Å². The Morgan fingerprint density at radius 1 is 0.833 bits per heavy atom. The second-order valence-electron chi connectivity index (χ2n) is 11.7. The number of hydrogen-bond acceptors (Lipinski definition) is 11. The first-order valence-electron chi connectivity index (χ1n) is 15.2. The summed E-state index contributed by atoms with van der Waals surface area (Å²) in [5, 5.41) is 31.2. The van der Waals surface area contributed by atoms with Crippen LogP contribution in [0.1, 0.15) is 59.8 Å². The van der Waals surface area contributed by atoms with Gasteiger partial charge < -0.3 is 53.2 Å². The van der Waals surface area contributed by atoms with E-state index in [1.54, 1.807) is 13.8 Å². The Kier molecular flexibility index (Phi) is 16.8. The van der Waals surface area contributed by atoms with E-state index in [4.69, 9.17) is 16.6 Å². The number of hydrogen-bond donors (Lipinski definition) is 10. The summed E-state index contributed by atoms with van der Waals surface area (Å²) in [5.74, 6) is -8.79. The number of thiol groups is 1. The minimum absolute atomic E-state index is 0.0232. The molecule has 1 heterocycles. The summed E-state index contributed by atoms with van der Waals surface area (Å²) in [4.78, 5) is 113. The molecular weight excluding hydrogens is 656 g/mol. The zero-order valence-electron chi connectivity index (χ0n) is 27.2. The summed E-state index contributed by atoms with van der Waals surface area (Å²) in [5.41, 5.74) is 10.6. The molecule has 1 saturated heterocycles. The molecule has 11 N–H and O–H groups in total. The molecule has 1 fully saturated rings. The van der Waals surface area contributed by atoms with Gasteiger partial charge in [0.2, 0.25) is 47.3 Å². The largest absolute Gasteiger partial charge is 0.481 e. The Hall–Kier alpha value is -4.46. The smallest absolute Gasteiger partial charge is 0.303 e. The lowest BCUT2D eigenvalue weighted by molar-refractivity contribution is -0.144. The van der Waals surface area contributed by atoms with Gasteiger partial charge in [0.1, 0.15) is 36.3 Å². The number of primary amides is 2. The van der Waals surface area contributed by atoms with Crippen LogP contribution in [0.4, 0.5) is 0 Å². The molecule has 8 amide bonds. The number of aliphatic hydroxyl groups excluding tert-OH is 1. The van der Waals surface area contributed by atoms with E-state index in [0.717, 1.165) is 4.90 Å². The van der Waals surface area contributed by atoms with Crippen molar-refractivity contribution in [3.8, 4) is 0 Å². The highest BCUT2D eigenvalue weighted by Gasteiger charge is 2.41. The Bertz CT molecular complexity index is 1250. The molecule has 1 rings (SSSR count). The number of rotatable bonds is 19. The fraction of sp³-hybridized carbons (Fsp3) is 0.679. The first-order valence-corrected chi connectivity index (χ1v) is 15.8. The molecule has 270 valence electrons. The number of aliphatic hydroxyl groups is 1. The fourth-order valence-electron chi connectivity index (χ4n) is 4.85. The quantitative estimate of drug-likeness (QED) is 0.0573. The Labute approximate surface area is 282 Å². The van der Waals surface area contributed by atoms with Crippen LogP contribution in [0.15, 0.2) is 0 Å². The standard InChI is InChI=1S/C28H46N8O11S/c1-12(2)21(34-25(44)17(11-48)31-14(4)38)27(46)33-16(10-19(29)39)24(43)35-22(13(3)37)28(47)36-9-5-6-18(36)26(45)32-15(23(30)42)7-8-20(40)41/h12-13,15-18,21-22,37,48H,5-11H2,1-4H3,(H2,29,39)(H2,30,42)(H,31,38)(H,32,45)(H,33,46)(H,34,44)(H,35,43)(H,40,41)/t13-,15+,16+,17+,18+,21+,22+/m1/s1. The van der Waals surface area contributed by atoms with E-state index in [1.165, 1.54) is 13.8 Å². The number of aliphatic carboxylic acids is 1. The van der Waals surface area contributed by atoms with Gasteiger partial charge in [0.15, 0.2) is 0 Å². The summed E-state index contributed by atoms with van der Waals surface area (Å²) in [6.07, 6.45) is -2.55. The summed E-state index contributed by atoms with van der Waals surface area (Å²) >= 11 is 4.03. The van der Waals surface area contributed by atoms with E-state index in [2.05, 4.69) is 39.2 Å². The van der Waals surface area contributed by atoms with Crippen molar-refractivity contribution in [2.45, 2.75) is 102 Å². The van der Waals surface area contributed by atoms with Crippen LogP contribution in [-0.4, -0.2) is 123 Å². The van der Waals surface area contributed by atoms with Gasteiger partial charge in [-0.3, -0.25) is 43.2 Å². The van der Waals surface area contributed by atoms with Crippen LogP contribution in [0.25, 0.3) is 0 Å². The molecule has 1 aliphatic rings. The van der Waals surface area contributed by atoms with Gasteiger partial charge in [-0.2, -0.15) is 12.6 Å². The highest BCUT2D eigenvalue weighted by atomic mass is 32.1. The molecule has 0 aliphatic carbocycles. The topological polar surface area (TPSA) is 310 Å². The SMILES string of the molecule is CC(=O)N[C@@H](CS)C(=O)N[C@H](C(=O)N[C@@H](CC(N)=O)C(=O)N[C@H](C(=O)N1CCC[C@H]1C(=O)N[C@@H](CCC(=O)O)C(N)=O)[C@@H](C)O)C(C)C. The van der Waals surface area contributed by atoms with E-state index in [-0.39, 0.29) is 25.1 Å². The van der Waals surface area contributed by atoms with Gasteiger partial charge in [-0.25, -0.2) is 0 Å². The Balaban J connectivity index is 3.16. The van der Waals surface area contributed by atoms with Gasteiger partial charge in [-0.05, 0) is 32.1 Å². The summed E-state index contributed by atoms with van der Waals surface area (Å²) in [7, 11) is 0. The average Bonchev–Trinajstić information content (AvgIpc) is 3.47. The van der Waals surface area contributed by atoms with Crippen LogP contribution in [0.5, 0.6) is 0 Å². The van der Waals surface area contributed by atoms with Gasteiger partial charge in [-0.15, -0.1) is 0 Å². The molecule has 0 saturated carbocycles. The third-order valence-electron chi connectivity index (χ3n) is 7.35. The number of nitrogens with zero attached hydrogens (tertiary/aromatic N) is 1. The van der Waals surface area contributed by atoms with E-state index in [0.29, 0.717) is 6.42 Å². The van der Waals surface area contributed by atoms with Crippen molar-refractivity contribution in [2.75, 3.05) is 12.3 Å². The summed E-state index contributed by atoms with van der Waals surface area (Å²) < 4.78 is 0. The van der Waals surface area contributed by atoms with Crippen LogP contribution in [-0.2, 0) is 43.2 Å². The molecule has 0 spiro atoms. The zero-order chi connectivity index (χ0) is 36.9. The molecule has 0 aromatic carbocycles. The highest BCUT2D eigenvalue weighted by Crippen LogP contribution is 2.20. The van der Waals surface area contributed by atoms with E-state index in [1.807, 2.05) is 0 Å². The number of amides is 8. The first-order chi connectivity index (χ1) is 22.3. The maximum absolute atomic E-state index is 13.6. The molecule has 0 radical (unpaired) electrons. The minimum Gasteiger partial charge on any atom is -0.481 e. The van der Waals surface area contributed by atoms with Crippen LogP contribution in [0, 0.1) is 5.92 Å². The van der Waals surface area contributed by atoms with Crippen LogP contribution < -0.4 is 38.1 Å².